The molecule has 2 N–H and O–H groups in total. The first-order chi connectivity index (χ1) is 8.49. The molecule has 6 nitrogen and oxygen atoms in total. The molecule has 0 radical (unpaired) electrons. The van der Waals surface area contributed by atoms with Gasteiger partial charge in [-0.25, -0.2) is 12.7 Å². The molecule has 0 amide bonds. The molecule has 112 valence electrons. The third kappa shape index (κ3) is 5.42. The fourth-order valence-electron chi connectivity index (χ4n) is 2.12. The molecule has 1 aliphatic heterocycles. The fraction of sp³-hybridized carbons (Fsp3) is 0.909. The molecule has 0 spiro atoms. The molecule has 0 aromatic rings. The number of hydrogen-bond acceptors (Lipinski definition) is 3. The van der Waals surface area contributed by atoms with E-state index in [-0.39, 0.29) is 24.0 Å². The molecule has 0 bridgehead atoms. The van der Waals surface area contributed by atoms with Gasteiger partial charge in [-0.3, -0.25) is 4.99 Å². The van der Waals surface area contributed by atoms with E-state index in [0.29, 0.717) is 25.0 Å². The van der Waals surface area contributed by atoms with Crippen molar-refractivity contribution >= 4 is 40.0 Å². The second-order valence-corrected chi connectivity index (χ2v) is 7.13. The van der Waals surface area contributed by atoms with Crippen molar-refractivity contribution in [1.29, 1.82) is 0 Å². The highest BCUT2D eigenvalue weighted by Crippen LogP contribution is 2.19. The molecule has 1 heterocycles. The predicted octanol–water partition coefficient (Wildman–Crippen LogP) is 0.213. The van der Waals surface area contributed by atoms with Gasteiger partial charge in [0.25, 0.3) is 0 Å². The summed E-state index contributed by atoms with van der Waals surface area (Å²) in [7, 11) is -1.27. The summed E-state index contributed by atoms with van der Waals surface area (Å²) >= 11 is 0. The van der Waals surface area contributed by atoms with E-state index in [1.165, 1.54) is 19.1 Å². The van der Waals surface area contributed by atoms with Gasteiger partial charge < -0.3 is 10.6 Å². The molecule has 2 fully saturated rings. The lowest BCUT2D eigenvalue weighted by atomic mass is 10.1. The van der Waals surface area contributed by atoms with Crippen molar-refractivity contribution in [3.63, 3.8) is 0 Å². The highest BCUT2D eigenvalue weighted by molar-refractivity contribution is 14.0. The molecule has 1 saturated heterocycles. The zero-order valence-corrected chi connectivity index (χ0v) is 14.6. The number of rotatable bonds is 4. The first-order valence-corrected chi connectivity index (χ1v) is 8.26. The molecule has 0 aromatic heterocycles. The maximum atomic E-state index is 11.4. The molecule has 1 atom stereocenters. The van der Waals surface area contributed by atoms with Crippen LogP contribution in [0.1, 0.15) is 19.3 Å². The summed E-state index contributed by atoms with van der Waals surface area (Å²) in [6.45, 7) is 2.03. The van der Waals surface area contributed by atoms with Crippen LogP contribution in [0.25, 0.3) is 0 Å². The molecule has 1 saturated carbocycles. The summed E-state index contributed by atoms with van der Waals surface area (Å²) in [5, 5.41) is 6.59. The highest BCUT2D eigenvalue weighted by atomic mass is 127. The average molecular weight is 402 g/mol. The van der Waals surface area contributed by atoms with Gasteiger partial charge in [-0.2, -0.15) is 0 Å². The standard InChI is InChI=1S/C11H22N4O2S.HI/c1-12-11(14-10-3-4-10)13-7-9-5-6-15(8-9)18(2,16)17;/h9-10H,3-8H2,1-2H3,(H2,12,13,14);1H. The van der Waals surface area contributed by atoms with Crippen LogP contribution < -0.4 is 10.6 Å². The molecule has 2 rings (SSSR count). The smallest absolute Gasteiger partial charge is 0.211 e. The SMILES string of the molecule is CN=C(NCC1CCN(S(C)(=O)=O)C1)NC1CC1.I. The van der Waals surface area contributed by atoms with E-state index in [1.807, 2.05) is 0 Å². The number of nitrogens with zero attached hydrogens (tertiary/aromatic N) is 2. The van der Waals surface area contributed by atoms with Crippen LogP contribution in [-0.4, -0.2) is 57.7 Å². The molecular formula is C11H23IN4O2S. The van der Waals surface area contributed by atoms with Crippen LogP contribution in [0.4, 0.5) is 0 Å². The van der Waals surface area contributed by atoms with Gasteiger partial charge in [0.1, 0.15) is 0 Å². The van der Waals surface area contributed by atoms with Crippen molar-refractivity contribution in [2.45, 2.75) is 25.3 Å². The Morgan fingerprint density at radius 3 is 2.53 bits per heavy atom. The first kappa shape index (κ1) is 17.0. The Kier molecular flexibility index (Phi) is 6.31. The van der Waals surface area contributed by atoms with Crippen LogP contribution in [0.3, 0.4) is 0 Å². The Morgan fingerprint density at radius 2 is 2.05 bits per heavy atom. The lowest BCUT2D eigenvalue weighted by molar-refractivity contribution is 0.459. The molecule has 0 aromatic carbocycles. The second kappa shape index (κ2) is 7.07. The highest BCUT2D eigenvalue weighted by Gasteiger charge is 2.29. The lowest BCUT2D eigenvalue weighted by Gasteiger charge is -2.16. The molecule has 1 unspecified atom stereocenters. The zero-order chi connectivity index (χ0) is 13.2. The Hall–Kier alpha value is -0.0900. The number of nitrogens with one attached hydrogen (secondary N) is 2. The fourth-order valence-corrected chi connectivity index (χ4v) is 3.04. The Balaban J connectivity index is 0.00000180. The summed E-state index contributed by atoms with van der Waals surface area (Å²) in [6, 6.07) is 0.576. The van der Waals surface area contributed by atoms with Gasteiger partial charge >= 0.3 is 0 Å². The topological polar surface area (TPSA) is 73.8 Å². The second-order valence-electron chi connectivity index (χ2n) is 5.15. The third-order valence-corrected chi connectivity index (χ3v) is 4.69. The van der Waals surface area contributed by atoms with E-state index < -0.39 is 10.0 Å². The predicted molar refractivity (Wildman–Crippen MR) is 87.5 cm³/mol. The van der Waals surface area contributed by atoms with Crippen LogP contribution in [0.5, 0.6) is 0 Å². The van der Waals surface area contributed by atoms with E-state index in [4.69, 9.17) is 0 Å². The van der Waals surface area contributed by atoms with Crippen molar-refractivity contribution < 1.29 is 8.42 Å². The normalized spacial score (nSPS) is 24.9. The van der Waals surface area contributed by atoms with Gasteiger partial charge in [0.15, 0.2) is 5.96 Å². The van der Waals surface area contributed by atoms with Crippen LogP contribution in [0.15, 0.2) is 4.99 Å². The zero-order valence-electron chi connectivity index (χ0n) is 11.4. The van der Waals surface area contributed by atoms with Crippen LogP contribution >= 0.6 is 24.0 Å². The minimum atomic E-state index is -3.03. The Labute approximate surface area is 132 Å². The summed E-state index contributed by atoms with van der Waals surface area (Å²) in [6.07, 6.45) is 4.62. The van der Waals surface area contributed by atoms with Crippen molar-refractivity contribution in [3.8, 4) is 0 Å². The number of halogens is 1. The first-order valence-electron chi connectivity index (χ1n) is 6.41. The molecule has 19 heavy (non-hydrogen) atoms. The Bertz CT molecular complexity index is 422. The van der Waals surface area contributed by atoms with Gasteiger partial charge in [0.2, 0.25) is 10.0 Å². The summed E-state index contributed by atoms with van der Waals surface area (Å²) in [4.78, 5) is 4.16. The minimum Gasteiger partial charge on any atom is -0.356 e. The van der Waals surface area contributed by atoms with E-state index in [0.717, 1.165) is 18.9 Å². The van der Waals surface area contributed by atoms with Gasteiger partial charge in [-0.15, -0.1) is 24.0 Å². The van der Waals surface area contributed by atoms with Crippen molar-refractivity contribution in [1.82, 2.24) is 14.9 Å². The van der Waals surface area contributed by atoms with E-state index in [1.54, 1.807) is 11.4 Å². The number of hydrogen-bond donors (Lipinski definition) is 2. The average Bonchev–Trinajstić information content (AvgIpc) is 2.97. The lowest BCUT2D eigenvalue weighted by Crippen LogP contribution is -2.41. The number of aliphatic imine (C=N–C) groups is 1. The van der Waals surface area contributed by atoms with Gasteiger partial charge in [0.05, 0.1) is 6.26 Å². The van der Waals surface area contributed by atoms with Crippen molar-refractivity contribution in [3.05, 3.63) is 0 Å². The molecule has 8 heteroatoms. The molecule has 1 aliphatic carbocycles. The minimum absolute atomic E-state index is 0. The summed E-state index contributed by atoms with van der Waals surface area (Å²) < 4.78 is 24.3. The summed E-state index contributed by atoms with van der Waals surface area (Å²) in [5.41, 5.74) is 0. The number of sulfonamides is 1. The van der Waals surface area contributed by atoms with E-state index in [9.17, 15) is 8.42 Å². The monoisotopic (exact) mass is 402 g/mol. The molecule has 2 aliphatic rings. The van der Waals surface area contributed by atoms with Crippen molar-refractivity contribution in [2.24, 2.45) is 10.9 Å². The van der Waals surface area contributed by atoms with Crippen LogP contribution in [0.2, 0.25) is 0 Å². The van der Waals surface area contributed by atoms with Gasteiger partial charge in [-0.1, -0.05) is 0 Å². The third-order valence-electron chi connectivity index (χ3n) is 3.42. The summed E-state index contributed by atoms with van der Waals surface area (Å²) in [5.74, 6) is 1.20. The van der Waals surface area contributed by atoms with Gasteiger partial charge in [0, 0.05) is 32.7 Å². The van der Waals surface area contributed by atoms with Crippen LogP contribution in [-0.2, 0) is 10.0 Å². The van der Waals surface area contributed by atoms with Gasteiger partial charge in [-0.05, 0) is 25.2 Å². The largest absolute Gasteiger partial charge is 0.356 e. The maximum absolute atomic E-state index is 11.4. The van der Waals surface area contributed by atoms with E-state index >= 15 is 0 Å². The van der Waals surface area contributed by atoms with Crippen LogP contribution in [0, 0.1) is 5.92 Å². The van der Waals surface area contributed by atoms with Crippen molar-refractivity contribution in [2.75, 3.05) is 32.9 Å². The number of guanidine groups is 1. The Morgan fingerprint density at radius 1 is 1.37 bits per heavy atom. The van der Waals surface area contributed by atoms with E-state index in [2.05, 4.69) is 15.6 Å². The molecular weight excluding hydrogens is 379 g/mol. The quantitative estimate of drug-likeness (QED) is 0.401. The maximum Gasteiger partial charge on any atom is 0.211 e.